The molecule has 2 rings (SSSR count). The third kappa shape index (κ3) is 5.67. The lowest BCUT2D eigenvalue weighted by Crippen LogP contribution is -2.25. The smallest absolute Gasteiger partial charge is 0.316 e. The van der Waals surface area contributed by atoms with Gasteiger partial charge in [0.25, 0.3) is 0 Å². The average Bonchev–Trinajstić information content (AvgIpc) is 2.95. The van der Waals surface area contributed by atoms with Crippen LogP contribution in [0.4, 0.5) is 13.2 Å². The molecule has 1 aliphatic rings. The lowest BCUT2D eigenvalue weighted by Gasteiger charge is -2.14. The maximum atomic E-state index is 12.4. The molecule has 1 N–H and O–H groups in total. The van der Waals surface area contributed by atoms with Crippen LogP contribution in [-0.4, -0.2) is 37.6 Å². The van der Waals surface area contributed by atoms with Gasteiger partial charge in [-0.3, -0.25) is 0 Å². The highest BCUT2D eigenvalue weighted by molar-refractivity contribution is 5.24. The van der Waals surface area contributed by atoms with Crippen molar-refractivity contribution in [2.75, 3.05) is 32.7 Å². The lowest BCUT2D eigenvalue weighted by molar-refractivity contribution is -0.137. The molecule has 2 nitrogen and oxygen atoms in total. The minimum Gasteiger partial charge on any atom is -0.316 e. The molecular weight excluding hydrogens is 277 g/mol. The molecule has 0 spiro atoms. The van der Waals surface area contributed by atoms with E-state index in [1.807, 2.05) is 0 Å². The van der Waals surface area contributed by atoms with Crippen LogP contribution in [0, 0.1) is 0 Å². The molecule has 5 heteroatoms. The van der Waals surface area contributed by atoms with Crippen molar-refractivity contribution in [2.45, 2.75) is 31.9 Å². The highest BCUT2D eigenvalue weighted by atomic mass is 19.4. The van der Waals surface area contributed by atoms with E-state index < -0.39 is 11.7 Å². The van der Waals surface area contributed by atoms with Crippen LogP contribution in [0.2, 0.25) is 0 Å². The van der Waals surface area contributed by atoms with E-state index in [0.717, 1.165) is 50.2 Å². The molecule has 0 aromatic heterocycles. The number of halogens is 3. The molecule has 0 radical (unpaired) electrons. The normalized spacial score (nSPS) is 16.5. The zero-order valence-electron chi connectivity index (χ0n) is 12.3. The van der Waals surface area contributed by atoms with Crippen molar-refractivity contribution in [3.8, 4) is 0 Å². The van der Waals surface area contributed by atoms with Crippen molar-refractivity contribution < 1.29 is 13.2 Å². The zero-order valence-corrected chi connectivity index (χ0v) is 12.3. The molecule has 0 amide bonds. The predicted molar refractivity (Wildman–Crippen MR) is 78.3 cm³/mol. The third-order valence-electron chi connectivity index (χ3n) is 3.90. The van der Waals surface area contributed by atoms with Gasteiger partial charge < -0.3 is 10.2 Å². The van der Waals surface area contributed by atoms with Crippen molar-refractivity contribution in [2.24, 2.45) is 0 Å². The fraction of sp³-hybridized carbons (Fsp3) is 0.625. The van der Waals surface area contributed by atoms with E-state index in [9.17, 15) is 13.2 Å². The molecular formula is C16H23F3N2. The summed E-state index contributed by atoms with van der Waals surface area (Å²) in [7, 11) is 0. The highest BCUT2D eigenvalue weighted by Crippen LogP contribution is 2.29. The minimum absolute atomic E-state index is 0.579. The van der Waals surface area contributed by atoms with Gasteiger partial charge in [-0.05, 0) is 76.1 Å². The maximum absolute atomic E-state index is 12.4. The highest BCUT2D eigenvalue weighted by Gasteiger charge is 2.29. The first-order chi connectivity index (χ1) is 10.1. The van der Waals surface area contributed by atoms with E-state index in [4.69, 9.17) is 0 Å². The Kier molecular flexibility index (Phi) is 6.06. The SMILES string of the molecule is FC(F)(F)c1ccc(CCNCCCN2CCCC2)cc1. The molecule has 118 valence electrons. The lowest BCUT2D eigenvalue weighted by atomic mass is 10.1. The molecule has 0 bridgehead atoms. The van der Waals surface area contributed by atoms with Gasteiger partial charge in [-0.1, -0.05) is 12.1 Å². The summed E-state index contributed by atoms with van der Waals surface area (Å²) in [4.78, 5) is 2.48. The van der Waals surface area contributed by atoms with Crippen LogP contribution in [-0.2, 0) is 12.6 Å². The Morgan fingerprint density at radius 1 is 1.00 bits per heavy atom. The Morgan fingerprint density at radius 3 is 2.29 bits per heavy atom. The second-order valence-electron chi connectivity index (χ2n) is 5.60. The molecule has 1 saturated heterocycles. The second-order valence-corrected chi connectivity index (χ2v) is 5.60. The first-order valence-corrected chi connectivity index (χ1v) is 7.65. The van der Waals surface area contributed by atoms with Crippen LogP contribution in [0.1, 0.15) is 30.4 Å². The van der Waals surface area contributed by atoms with Gasteiger partial charge in [0.05, 0.1) is 5.56 Å². The number of nitrogens with zero attached hydrogens (tertiary/aromatic N) is 1. The summed E-state index contributed by atoms with van der Waals surface area (Å²) < 4.78 is 37.3. The molecule has 1 aliphatic heterocycles. The summed E-state index contributed by atoms with van der Waals surface area (Å²) >= 11 is 0. The summed E-state index contributed by atoms with van der Waals surface area (Å²) in [5.41, 5.74) is 0.361. The second kappa shape index (κ2) is 7.80. The fourth-order valence-electron chi connectivity index (χ4n) is 2.65. The van der Waals surface area contributed by atoms with Gasteiger partial charge >= 0.3 is 6.18 Å². The number of hydrogen-bond acceptors (Lipinski definition) is 2. The first-order valence-electron chi connectivity index (χ1n) is 7.65. The number of likely N-dealkylation sites (tertiary alicyclic amines) is 1. The summed E-state index contributed by atoms with van der Waals surface area (Å²) in [6.07, 6.45) is 0.296. The molecule has 0 unspecified atom stereocenters. The van der Waals surface area contributed by atoms with Crippen LogP contribution < -0.4 is 5.32 Å². The Morgan fingerprint density at radius 2 is 1.67 bits per heavy atom. The van der Waals surface area contributed by atoms with Gasteiger partial charge in [0, 0.05) is 0 Å². The molecule has 1 aromatic carbocycles. The van der Waals surface area contributed by atoms with Gasteiger partial charge in [-0.2, -0.15) is 13.2 Å². The van der Waals surface area contributed by atoms with Crippen molar-refractivity contribution in [3.63, 3.8) is 0 Å². The van der Waals surface area contributed by atoms with Crippen LogP contribution in [0.15, 0.2) is 24.3 Å². The number of hydrogen-bond donors (Lipinski definition) is 1. The standard InChI is InChI=1S/C16H23F3N2/c17-16(18,19)15-6-4-14(5-7-15)8-10-20-9-3-13-21-11-1-2-12-21/h4-7,20H,1-3,8-13H2. The molecule has 1 fully saturated rings. The summed E-state index contributed by atoms with van der Waals surface area (Å²) in [6, 6.07) is 5.44. The first kappa shape index (κ1) is 16.3. The van der Waals surface area contributed by atoms with E-state index in [2.05, 4.69) is 10.2 Å². The van der Waals surface area contributed by atoms with Gasteiger partial charge in [0.1, 0.15) is 0 Å². The van der Waals surface area contributed by atoms with Crippen molar-refractivity contribution in [3.05, 3.63) is 35.4 Å². The molecule has 0 aliphatic carbocycles. The van der Waals surface area contributed by atoms with Crippen LogP contribution in [0.5, 0.6) is 0 Å². The van der Waals surface area contributed by atoms with Crippen molar-refractivity contribution in [1.29, 1.82) is 0 Å². The van der Waals surface area contributed by atoms with Gasteiger partial charge in [0.15, 0.2) is 0 Å². The average molecular weight is 300 g/mol. The van der Waals surface area contributed by atoms with E-state index in [-0.39, 0.29) is 0 Å². The van der Waals surface area contributed by atoms with Crippen LogP contribution >= 0.6 is 0 Å². The third-order valence-corrected chi connectivity index (χ3v) is 3.90. The van der Waals surface area contributed by atoms with E-state index in [1.54, 1.807) is 12.1 Å². The maximum Gasteiger partial charge on any atom is 0.416 e. The summed E-state index contributed by atoms with van der Waals surface area (Å²) in [5.74, 6) is 0. The van der Waals surface area contributed by atoms with E-state index in [1.165, 1.54) is 25.9 Å². The quantitative estimate of drug-likeness (QED) is 0.777. The van der Waals surface area contributed by atoms with Crippen LogP contribution in [0.25, 0.3) is 0 Å². The number of alkyl halides is 3. The molecule has 21 heavy (non-hydrogen) atoms. The predicted octanol–water partition coefficient (Wildman–Crippen LogP) is 3.32. The van der Waals surface area contributed by atoms with E-state index >= 15 is 0 Å². The zero-order chi connectivity index (χ0) is 15.1. The molecule has 0 atom stereocenters. The van der Waals surface area contributed by atoms with Crippen molar-refractivity contribution in [1.82, 2.24) is 10.2 Å². The largest absolute Gasteiger partial charge is 0.416 e. The minimum atomic E-state index is -4.24. The van der Waals surface area contributed by atoms with Crippen molar-refractivity contribution >= 4 is 0 Å². The molecule has 1 aromatic rings. The summed E-state index contributed by atoms with van der Waals surface area (Å²) in [5, 5.41) is 3.35. The van der Waals surface area contributed by atoms with E-state index in [0.29, 0.717) is 0 Å². The summed E-state index contributed by atoms with van der Waals surface area (Å²) in [6.45, 7) is 5.38. The Bertz CT molecular complexity index is 409. The Balaban J connectivity index is 1.58. The van der Waals surface area contributed by atoms with Gasteiger partial charge in [0.2, 0.25) is 0 Å². The fourth-order valence-corrected chi connectivity index (χ4v) is 2.65. The number of rotatable bonds is 7. The van der Waals surface area contributed by atoms with Crippen LogP contribution in [0.3, 0.4) is 0 Å². The Hall–Kier alpha value is -1.07. The number of benzene rings is 1. The molecule has 0 saturated carbocycles. The molecule has 1 heterocycles. The Labute approximate surface area is 124 Å². The van der Waals surface area contributed by atoms with Gasteiger partial charge in [-0.15, -0.1) is 0 Å². The van der Waals surface area contributed by atoms with Gasteiger partial charge in [-0.25, -0.2) is 0 Å². The topological polar surface area (TPSA) is 15.3 Å². The monoisotopic (exact) mass is 300 g/mol. The number of nitrogens with one attached hydrogen (secondary N) is 1.